The van der Waals surface area contributed by atoms with E-state index in [2.05, 4.69) is 4.98 Å². The molecule has 1 atom stereocenters. The van der Waals surface area contributed by atoms with E-state index in [-0.39, 0.29) is 6.42 Å². The minimum absolute atomic E-state index is 0.0839. The molecule has 28 heavy (non-hydrogen) atoms. The fraction of sp³-hybridized carbons (Fsp3) is 0.238. The Morgan fingerprint density at radius 1 is 1.18 bits per heavy atom. The summed E-state index contributed by atoms with van der Waals surface area (Å²) >= 11 is 7.67. The molecule has 1 heterocycles. The highest BCUT2D eigenvalue weighted by atomic mass is 35.5. The summed E-state index contributed by atoms with van der Waals surface area (Å²) in [6.45, 7) is 1.95. The number of carbonyl (C=O) groups is 1. The maximum atomic E-state index is 11.6. The van der Waals surface area contributed by atoms with Crippen LogP contribution in [0.1, 0.15) is 27.8 Å². The van der Waals surface area contributed by atoms with Gasteiger partial charge in [-0.05, 0) is 42.8 Å². The molecule has 1 N–H and O–H groups in total. The van der Waals surface area contributed by atoms with Crippen molar-refractivity contribution in [3.63, 3.8) is 0 Å². The molecule has 2 aromatic carbocycles. The van der Waals surface area contributed by atoms with E-state index in [1.165, 1.54) is 11.3 Å². The van der Waals surface area contributed by atoms with Gasteiger partial charge in [0, 0.05) is 27.2 Å². The molecule has 0 amide bonds. The van der Waals surface area contributed by atoms with Crippen LogP contribution in [0.4, 0.5) is 0 Å². The topological polar surface area (TPSA) is 68.7 Å². The van der Waals surface area contributed by atoms with Crippen molar-refractivity contribution in [3.05, 3.63) is 63.1 Å². The van der Waals surface area contributed by atoms with Gasteiger partial charge >= 0.3 is 5.97 Å². The zero-order chi connectivity index (χ0) is 20.3. The van der Waals surface area contributed by atoms with E-state index in [0.29, 0.717) is 16.5 Å². The number of methoxy groups -OCH3 is 2. The molecule has 0 spiro atoms. The third-order valence-electron chi connectivity index (χ3n) is 4.39. The van der Waals surface area contributed by atoms with Gasteiger partial charge in [0.15, 0.2) is 0 Å². The van der Waals surface area contributed by atoms with Gasteiger partial charge < -0.3 is 14.6 Å². The van der Waals surface area contributed by atoms with Crippen LogP contribution in [0.5, 0.6) is 11.5 Å². The zero-order valence-electron chi connectivity index (χ0n) is 15.7. The molecule has 0 aliphatic carbocycles. The van der Waals surface area contributed by atoms with Crippen LogP contribution in [0, 0.1) is 6.92 Å². The van der Waals surface area contributed by atoms with Crippen LogP contribution >= 0.6 is 22.9 Å². The smallest absolute Gasteiger partial charge is 0.304 e. The molecule has 1 aromatic heterocycles. The highest BCUT2D eigenvalue weighted by Crippen LogP contribution is 2.40. The Hall–Kier alpha value is -2.57. The summed E-state index contributed by atoms with van der Waals surface area (Å²) in [5, 5.41) is 10.8. The summed E-state index contributed by atoms with van der Waals surface area (Å²) in [4.78, 5) is 17.0. The molecule has 1 unspecified atom stereocenters. The molecular formula is C21H20ClNO4S. The number of benzene rings is 2. The number of carboxylic acids is 1. The van der Waals surface area contributed by atoms with Crippen molar-refractivity contribution in [2.24, 2.45) is 0 Å². The number of hydrogen-bond acceptors (Lipinski definition) is 5. The van der Waals surface area contributed by atoms with Crippen LogP contribution in [-0.4, -0.2) is 30.3 Å². The van der Waals surface area contributed by atoms with Gasteiger partial charge in [-0.15, -0.1) is 11.3 Å². The number of aromatic nitrogens is 1. The summed E-state index contributed by atoms with van der Waals surface area (Å²) < 4.78 is 11.0. The molecule has 0 saturated heterocycles. The van der Waals surface area contributed by atoms with Crippen LogP contribution in [0.15, 0.2) is 42.6 Å². The van der Waals surface area contributed by atoms with Gasteiger partial charge in [0.25, 0.3) is 0 Å². The van der Waals surface area contributed by atoms with Gasteiger partial charge in [-0.3, -0.25) is 4.79 Å². The average Bonchev–Trinajstić information content (AvgIpc) is 3.11. The van der Waals surface area contributed by atoms with E-state index < -0.39 is 11.9 Å². The molecule has 0 fully saturated rings. The number of rotatable bonds is 7. The predicted octanol–water partition coefficient (Wildman–Crippen LogP) is 5.40. The normalized spacial score (nSPS) is 11.9. The minimum Gasteiger partial charge on any atom is -0.496 e. The number of aryl methyl sites for hydroxylation is 1. The van der Waals surface area contributed by atoms with Gasteiger partial charge in [-0.2, -0.15) is 0 Å². The lowest BCUT2D eigenvalue weighted by Crippen LogP contribution is -2.09. The van der Waals surface area contributed by atoms with Gasteiger partial charge in [-0.25, -0.2) is 4.98 Å². The number of nitrogens with zero attached hydrogens (tertiary/aromatic N) is 1. The maximum Gasteiger partial charge on any atom is 0.304 e. The molecular weight excluding hydrogens is 398 g/mol. The predicted molar refractivity (Wildman–Crippen MR) is 111 cm³/mol. The zero-order valence-corrected chi connectivity index (χ0v) is 17.3. The standard InChI is InChI=1S/C21H20ClNO4S/c1-12-11-23-21(28-12)17(10-20(24)25)16-8-13(4-6-19(16)27-3)15-9-14(22)5-7-18(15)26-2/h4-9,11,17H,10H2,1-3H3,(H,24,25). The van der Waals surface area contributed by atoms with E-state index in [1.807, 2.05) is 31.2 Å². The van der Waals surface area contributed by atoms with E-state index in [9.17, 15) is 9.90 Å². The number of hydrogen-bond donors (Lipinski definition) is 1. The van der Waals surface area contributed by atoms with E-state index in [4.69, 9.17) is 21.1 Å². The molecule has 0 aliphatic heterocycles. The van der Waals surface area contributed by atoms with Crippen molar-refractivity contribution >= 4 is 28.9 Å². The first-order chi connectivity index (χ1) is 13.4. The van der Waals surface area contributed by atoms with E-state index in [1.54, 1.807) is 32.5 Å². The summed E-state index contributed by atoms with van der Waals surface area (Å²) in [6.07, 6.45) is 1.67. The maximum absolute atomic E-state index is 11.6. The van der Waals surface area contributed by atoms with Crippen molar-refractivity contribution in [1.29, 1.82) is 0 Å². The number of thiazole rings is 1. The minimum atomic E-state index is -0.898. The molecule has 5 nitrogen and oxygen atoms in total. The molecule has 0 bridgehead atoms. The second-order valence-corrected chi connectivity index (χ2v) is 7.96. The third kappa shape index (κ3) is 4.29. The van der Waals surface area contributed by atoms with Crippen LogP contribution in [-0.2, 0) is 4.79 Å². The summed E-state index contributed by atoms with van der Waals surface area (Å²) in [5.41, 5.74) is 2.45. The summed E-state index contributed by atoms with van der Waals surface area (Å²) in [6, 6.07) is 11.1. The Morgan fingerprint density at radius 2 is 1.89 bits per heavy atom. The highest BCUT2D eigenvalue weighted by molar-refractivity contribution is 7.11. The van der Waals surface area contributed by atoms with Crippen molar-refractivity contribution in [3.8, 4) is 22.6 Å². The summed E-state index contributed by atoms with van der Waals surface area (Å²) in [7, 11) is 3.17. The Kier molecular flexibility index (Phi) is 6.21. The molecule has 0 radical (unpaired) electrons. The highest BCUT2D eigenvalue weighted by Gasteiger charge is 2.25. The van der Waals surface area contributed by atoms with Crippen molar-refractivity contribution < 1.29 is 19.4 Å². The molecule has 0 aliphatic rings. The van der Waals surface area contributed by atoms with Crippen molar-refractivity contribution in [1.82, 2.24) is 4.98 Å². The fourth-order valence-corrected chi connectivity index (χ4v) is 4.18. The summed E-state index contributed by atoms with van der Waals surface area (Å²) in [5.74, 6) is -0.0221. The van der Waals surface area contributed by atoms with E-state index in [0.717, 1.165) is 26.6 Å². The second-order valence-electron chi connectivity index (χ2n) is 6.26. The Balaban J connectivity index is 2.17. The first kappa shape index (κ1) is 20.2. The lowest BCUT2D eigenvalue weighted by atomic mass is 9.91. The van der Waals surface area contributed by atoms with Crippen LogP contribution < -0.4 is 9.47 Å². The van der Waals surface area contributed by atoms with E-state index >= 15 is 0 Å². The fourth-order valence-electron chi connectivity index (χ4n) is 3.12. The van der Waals surface area contributed by atoms with Crippen LogP contribution in [0.25, 0.3) is 11.1 Å². The third-order valence-corrected chi connectivity index (χ3v) is 5.66. The second kappa shape index (κ2) is 8.63. The number of carboxylic acid groups (broad SMARTS) is 1. The number of ether oxygens (including phenoxy) is 2. The molecule has 0 saturated carbocycles. The number of aliphatic carboxylic acids is 1. The Labute approximate surface area is 172 Å². The van der Waals surface area contributed by atoms with Gasteiger partial charge in [-0.1, -0.05) is 17.7 Å². The van der Waals surface area contributed by atoms with Gasteiger partial charge in [0.1, 0.15) is 16.5 Å². The molecule has 7 heteroatoms. The van der Waals surface area contributed by atoms with Gasteiger partial charge in [0.2, 0.25) is 0 Å². The first-order valence-electron chi connectivity index (χ1n) is 8.59. The largest absolute Gasteiger partial charge is 0.496 e. The van der Waals surface area contributed by atoms with Crippen LogP contribution in [0.2, 0.25) is 5.02 Å². The van der Waals surface area contributed by atoms with Gasteiger partial charge in [0.05, 0.1) is 26.6 Å². The monoisotopic (exact) mass is 417 g/mol. The molecule has 146 valence electrons. The molecule has 3 rings (SSSR count). The number of halogens is 1. The Morgan fingerprint density at radius 3 is 2.50 bits per heavy atom. The lowest BCUT2D eigenvalue weighted by Gasteiger charge is -2.18. The average molecular weight is 418 g/mol. The van der Waals surface area contributed by atoms with Crippen LogP contribution in [0.3, 0.4) is 0 Å². The quantitative estimate of drug-likeness (QED) is 0.557. The SMILES string of the molecule is COc1ccc(Cl)cc1-c1ccc(OC)c(C(CC(=O)O)c2ncc(C)s2)c1. The lowest BCUT2D eigenvalue weighted by molar-refractivity contribution is -0.137. The van der Waals surface area contributed by atoms with Crippen molar-refractivity contribution in [2.75, 3.05) is 14.2 Å². The molecule has 3 aromatic rings. The first-order valence-corrected chi connectivity index (χ1v) is 9.78. The van der Waals surface area contributed by atoms with Crippen molar-refractivity contribution in [2.45, 2.75) is 19.3 Å². The Bertz CT molecular complexity index is 1000.